The summed E-state index contributed by atoms with van der Waals surface area (Å²) in [7, 11) is 1.39. The molecule has 0 aliphatic heterocycles. The van der Waals surface area contributed by atoms with E-state index in [1.807, 2.05) is 19.9 Å². The lowest BCUT2D eigenvalue weighted by molar-refractivity contribution is -0.140. The van der Waals surface area contributed by atoms with Crippen molar-refractivity contribution in [3.8, 4) is 0 Å². The Morgan fingerprint density at radius 2 is 2.14 bits per heavy atom. The molecule has 0 fully saturated rings. The summed E-state index contributed by atoms with van der Waals surface area (Å²) in [6.45, 7) is 3.77. The van der Waals surface area contributed by atoms with Gasteiger partial charge in [-0.05, 0) is 31.9 Å². The van der Waals surface area contributed by atoms with Gasteiger partial charge in [-0.15, -0.1) is 0 Å². The van der Waals surface area contributed by atoms with Gasteiger partial charge in [0.1, 0.15) is 0 Å². The van der Waals surface area contributed by atoms with Crippen molar-refractivity contribution >= 4 is 5.97 Å². The second-order valence-electron chi connectivity index (χ2n) is 3.17. The number of hydrogen-bond acceptors (Lipinski definition) is 4. The Balaban J connectivity index is 2.66. The molecule has 1 rings (SSSR count). The van der Waals surface area contributed by atoms with Crippen LogP contribution >= 0.6 is 0 Å². The lowest BCUT2D eigenvalue weighted by Gasteiger charge is -2.03. The van der Waals surface area contributed by atoms with Crippen molar-refractivity contribution in [3.05, 3.63) is 23.0 Å². The van der Waals surface area contributed by atoms with E-state index in [4.69, 9.17) is 0 Å². The van der Waals surface area contributed by atoms with Crippen LogP contribution in [0.1, 0.15) is 23.4 Å². The van der Waals surface area contributed by atoms with Gasteiger partial charge >= 0.3 is 5.97 Å². The third-order valence-corrected chi connectivity index (χ3v) is 2.03. The number of carbonyl (C=O) groups is 1. The van der Waals surface area contributed by atoms with E-state index in [0.717, 1.165) is 17.0 Å². The Hall–Kier alpha value is -1.45. The molecule has 0 aromatic carbocycles. The van der Waals surface area contributed by atoms with Crippen LogP contribution in [-0.4, -0.2) is 23.3 Å². The molecule has 4 heteroatoms. The highest BCUT2D eigenvalue weighted by Gasteiger charge is 2.05. The quantitative estimate of drug-likeness (QED) is 0.678. The molecular formula is C10H14N2O2. The third kappa shape index (κ3) is 2.80. The minimum Gasteiger partial charge on any atom is -0.469 e. The molecule has 0 spiro atoms. The van der Waals surface area contributed by atoms with Crippen LogP contribution in [0.2, 0.25) is 0 Å². The normalized spacial score (nSPS) is 9.93. The molecule has 0 aliphatic rings. The second kappa shape index (κ2) is 4.69. The average Bonchev–Trinajstić information content (AvgIpc) is 2.19. The summed E-state index contributed by atoms with van der Waals surface area (Å²) in [6.07, 6.45) is 1.05. The largest absolute Gasteiger partial charge is 0.469 e. The van der Waals surface area contributed by atoms with E-state index in [9.17, 15) is 4.79 Å². The summed E-state index contributed by atoms with van der Waals surface area (Å²) >= 11 is 0. The molecule has 4 nitrogen and oxygen atoms in total. The molecule has 0 atom stereocenters. The highest BCUT2D eigenvalue weighted by atomic mass is 16.5. The number of esters is 1. The van der Waals surface area contributed by atoms with Crippen molar-refractivity contribution in [3.63, 3.8) is 0 Å². The fourth-order valence-electron chi connectivity index (χ4n) is 1.20. The van der Waals surface area contributed by atoms with Gasteiger partial charge in [0.15, 0.2) is 0 Å². The van der Waals surface area contributed by atoms with E-state index in [-0.39, 0.29) is 5.97 Å². The maximum Gasteiger partial charge on any atom is 0.305 e. The topological polar surface area (TPSA) is 52.1 Å². The van der Waals surface area contributed by atoms with Gasteiger partial charge in [0.25, 0.3) is 0 Å². The van der Waals surface area contributed by atoms with Gasteiger partial charge in [-0.1, -0.05) is 0 Å². The molecular weight excluding hydrogens is 180 g/mol. The third-order valence-electron chi connectivity index (χ3n) is 2.03. The van der Waals surface area contributed by atoms with Gasteiger partial charge < -0.3 is 4.74 Å². The summed E-state index contributed by atoms with van der Waals surface area (Å²) in [5.41, 5.74) is 2.80. The van der Waals surface area contributed by atoms with E-state index in [0.29, 0.717) is 12.8 Å². The summed E-state index contributed by atoms with van der Waals surface area (Å²) in [4.78, 5) is 10.9. The predicted molar refractivity (Wildman–Crippen MR) is 51.8 cm³/mol. The number of carbonyl (C=O) groups excluding carboxylic acids is 1. The molecule has 0 aliphatic carbocycles. The number of hydrogen-bond donors (Lipinski definition) is 0. The van der Waals surface area contributed by atoms with Crippen molar-refractivity contribution in [2.75, 3.05) is 7.11 Å². The van der Waals surface area contributed by atoms with Crippen LogP contribution in [0.3, 0.4) is 0 Å². The summed E-state index contributed by atoms with van der Waals surface area (Å²) in [6, 6.07) is 1.95. The van der Waals surface area contributed by atoms with Gasteiger partial charge in [-0.25, -0.2) is 0 Å². The van der Waals surface area contributed by atoms with Gasteiger partial charge in [0.05, 0.1) is 18.5 Å². The van der Waals surface area contributed by atoms with Crippen LogP contribution in [0, 0.1) is 13.8 Å². The summed E-state index contributed by atoms with van der Waals surface area (Å²) < 4.78 is 4.57. The Kier molecular flexibility index (Phi) is 3.56. The Morgan fingerprint density at radius 1 is 1.43 bits per heavy atom. The first-order chi connectivity index (χ1) is 6.63. The number of nitrogens with zero attached hydrogens (tertiary/aromatic N) is 2. The first-order valence-electron chi connectivity index (χ1n) is 4.50. The number of ether oxygens (including phenoxy) is 1. The number of aryl methyl sites for hydroxylation is 3. The van der Waals surface area contributed by atoms with Gasteiger partial charge in [-0.2, -0.15) is 10.2 Å². The highest BCUT2D eigenvalue weighted by Crippen LogP contribution is 2.08. The van der Waals surface area contributed by atoms with Crippen LogP contribution in [0.4, 0.5) is 0 Å². The minimum absolute atomic E-state index is 0.195. The van der Waals surface area contributed by atoms with Gasteiger partial charge in [0.2, 0.25) is 0 Å². The molecule has 76 valence electrons. The van der Waals surface area contributed by atoms with Crippen molar-refractivity contribution in [1.82, 2.24) is 10.2 Å². The zero-order chi connectivity index (χ0) is 10.6. The average molecular weight is 194 g/mol. The van der Waals surface area contributed by atoms with Crippen LogP contribution in [-0.2, 0) is 16.0 Å². The first-order valence-corrected chi connectivity index (χ1v) is 4.50. The first kappa shape index (κ1) is 10.6. The number of methoxy groups -OCH3 is 1. The summed E-state index contributed by atoms with van der Waals surface area (Å²) in [5, 5.41) is 7.90. The molecule has 0 saturated carbocycles. The monoisotopic (exact) mass is 194 g/mol. The summed E-state index contributed by atoms with van der Waals surface area (Å²) in [5.74, 6) is -0.195. The van der Waals surface area contributed by atoms with E-state index >= 15 is 0 Å². The molecule has 0 amide bonds. The van der Waals surface area contributed by atoms with Crippen molar-refractivity contribution in [2.24, 2.45) is 0 Å². The molecule has 0 saturated heterocycles. The van der Waals surface area contributed by atoms with E-state index in [2.05, 4.69) is 14.9 Å². The van der Waals surface area contributed by atoms with E-state index < -0.39 is 0 Å². The van der Waals surface area contributed by atoms with Crippen molar-refractivity contribution in [2.45, 2.75) is 26.7 Å². The zero-order valence-corrected chi connectivity index (χ0v) is 8.70. The van der Waals surface area contributed by atoms with Gasteiger partial charge in [-0.3, -0.25) is 4.79 Å². The zero-order valence-electron chi connectivity index (χ0n) is 8.70. The molecule has 1 aromatic heterocycles. The maximum absolute atomic E-state index is 10.9. The molecule has 14 heavy (non-hydrogen) atoms. The highest BCUT2D eigenvalue weighted by molar-refractivity contribution is 5.69. The molecule has 0 N–H and O–H groups in total. The SMILES string of the molecule is COC(=O)CCc1cc(C)nnc1C. The van der Waals surface area contributed by atoms with Crippen molar-refractivity contribution < 1.29 is 9.53 Å². The fraction of sp³-hybridized carbons (Fsp3) is 0.500. The van der Waals surface area contributed by atoms with Crippen LogP contribution in [0.25, 0.3) is 0 Å². The fourth-order valence-corrected chi connectivity index (χ4v) is 1.20. The number of rotatable bonds is 3. The molecule has 1 heterocycles. The van der Waals surface area contributed by atoms with Crippen LogP contribution < -0.4 is 0 Å². The maximum atomic E-state index is 10.9. The molecule has 1 aromatic rings. The van der Waals surface area contributed by atoms with E-state index in [1.54, 1.807) is 0 Å². The second-order valence-corrected chi connectivity index (χ2v) is 3.17. The smallest absolute Gasteiger partial charge is 0.305 e. The number of aromatic nitrogens is 2. The Bertz CT molecular complexity index is 337. The predicted octanol–water partition coefficient (Wildman–Crippen LogP) is 1.20. The molecule has 0 unspecified atom stereocenters. The van der Waals surface area contributed by atoms with Crippen LogP contribution in [0.5, 0.6) is 0 Å². The molecule has 0 bridgehead atoms. The molecule has 0 radical (unpaired) electrons. The van der Waals surface area contributed by atoms with E-state index in [1.165, 1.54) is 7.11 Å². The van der Waals surface area contributed by atoms with Crippen molar-refractivity contribution in [1.29, 1.82) is 0 Å². The lowest BCUT2D eigenvalue weighted by atomic mass is 10.1. The Morgan fingerprint density at radius 3 is 2.79 bits per heavy atom. The minimum atomic E-state index is -0.195. The lowest BCUT2D eigenvalue weighted by Crippen LogP contribution is -2.04. The van der Waals surface area contributed by atoms with Gasteiger partial charge in [0, 0.05) is 6.42 Å². The standard InChI is InChI=1S/C10H14N2O2/c1-7-6-9(8(2)12-11-7)4-5-10(13)14-3/h6H,4-5H2,1-3H3. The van der Waals surface area contributed by atoms with Crippen LogP contribution in [0.15, 0.2) is 6.07 Å². The Labute approximate surface area is 83.3 Å².